The maximum atomic E-state index is 12.1. The van der Waals surface area contributed by atoms with Crippen LogP contribution in [0, 0.1) is 13.8 Å². The van der Waals surface area contributed by atoms with Crippen LogP contribution in [0.15, 0.2) is 18.3 Å². The molecule has 7 nitrogen and oxygen atoms in total. The number of hydrogen-bond acceptors (Lipinski definition) is 4. The number of carbonyl (C=O) groups excluding carboxylic acids is 2. The van der Waals surface area contributed by atoms with Gasteiger partial charge in [0, 0.05) is 30.7 Å². The van der Waals surface area contributed by atoms with Crippen LogP contribution in [-0.2, 0) is 23.1 Å². The van der Waals surface area contributed by atoms with Crippen molar-refractivity contribution in [3.05, 3.63) is 35.3 Å². The van der Waals surface area contributed by atoms with Crippen LogP contribution in [0.5, 0.6) is 0 Å². The fraction of sp³-hybridized carbons (Fsp3) is 0.400. The van der Waals surface area contributed by atoms with E-state index in [0.717, 1.165) is 5.69 Å². The predicted molar refractivity (Wildman–Crippen MR) is 81.7 cm³/mol. The van der Waals surface area contributed by atoms with Crippen LogP contribution in [0.2, 0.25) is 0 Å². The number of esters is 1. The van der Waals surface area contributed by atoms with E-state index in [-0.39, 0.29) is 18.4 Å². The second-order valence-corrected chi connectivity index (χ2v) is 5.01. The molecule has 2 rings (SSSR count). The molecule has 1 amide bonds. The normalized spacial score (nSPS) is 10.5. The maximum absolute atomic E-state index is 12.1. The zero-order valence-electron chi connectivity index (χ0n) is 13.2. The summed E-state index contributed by atoms with van der Waals surface area (Å²) in [4.78, 5) is 24.0. The van der Waals surface area contributed by atoms with Crippen LogP contribution in [0.3, 0.4) is 0 Å². The predicted octanol–water partition coefficient (Wildman–Crippen LogP) is 1.65. The summed E-state index contributed by atoms with van der Waals surface area (Å²) < 4.78 is 8.41. The first-order valence-corrected chi connectivity index (χ1v) is 7.05. The number of amides is 1. The smallest absolute Gasteiger partial charge is 0.339 e. The number of anilines is 1. The first-order chi connectivity index (χ1) is 10.4. The topological polar surface area (TPSA) is 78.1 Å². The molecular formula is C15H20N4O3. The first-order valence-electron chi connectivity index (χ1n) is 7.05. The van der Waals surface area contributed by atoms with Crippen molar-refractivity contribution >= 4 is 17.7 Å². The molecule has 0 atom stereocenters. The fourth-order valence-electron chi connectivity index (χ4n) is 2.27. The van der Waals surface area contributed by atoms with Crippen molar-refractivity contribution in [2.45, 2.75) is 27.3 Å². The van der Waals surface area contributed by atoms with Crippen LogP contribution >= 0.6 is 0 Å². The van der Waals surface area contributed by atoms with Gasteiger partial charge in [0.2, 0.25) is 5.91 Å². The van der Waals surface area contributed by atoms with Gasteiger partial charge in [-0.25, -0.2) is 4.79 Å². The molecule has 22 heavy (non-hydrogen) atoms. The molecule has 0 aliphatic heterocycles. The van der Waals surface area contributed by atoms with E-state index in [4.69, 9.17) is 4.74 Å². The first kappa shape index (κ1) is 15.8. The summed E-state index contributed by atoms with van der Waals surface area (Å²) in [6.45, 7) is 5.85. The molecule has 118 valence electrons. The standard InChI is InChI=1S/C15H20N4O3/c1-5-22-15(21)12-8-10(2)19(11(12)3)9-14(20)16-13-6-7-18(4)17-13/h6-8H,5,9H2,1-4H3,(H,16,17,20). The van der Waals surface area contributed by atoms with Gasteiger partial charge in [0.15, 0.2) is 5.82 Å². The molecule has 0 spiro atoms. The molecule has 0 aliphatic carbocycles. The van der Waals surface area contributed by atoms with Gasteiger partial charge in [0.05, 0.1) is 12.2 Å². The summed E-state index contributed by atoms with van der Waals surface area (Å²) in [5, 5.41) is 6.82. The Kier molecular flexibility index (Phi) is 4.65. The average molecular weight is 304 g/mol. The highest BCUT2D eigenvalue weighted by atomic mass is 16.5. The number of ether oxygens (including phenoxy) is 1. The molecule has 0 aromatic carbocycles. The van der Waals surface area contributed by atoms with Crippen LogP contribution in [0.25, 0.3) is 0 Å². The Balaban J connectivity index is 2.12. The molecule has 2 aromatic heterocycles. The number of rotatable bonds is 5. The summed E-state index contributed by atoms with van der Waals surface area (Å²) in [5.74, 6) is -0.0662. The highest BCUT2D eigenvalue weighted by Gasteiger charge is 2.18. The number of nitrogens with zero attached hydrogens (tertiary/aromatic N) is 3. The molecule has 0 radical (unpaired) electrons. The zero-order chi connectivity index (χ0) is 16.3. The maximum Gasteiger partial charge on any atom is 0.339 e. The summed E-state index contributed by atoms with van der Waals surface area (Å²) in [7, 11) is 1.78. The van der Waals surface area contributed by atoms with E-state index in [0.29, 0.717) is 23.7 Å². The van der Waals surface area contributed by atoms with Crippen molar-refractivity contribution in [2.24, 2.45) is 7.05 Å². The van der Waals surface area contributed by atoms with Crippen molar-refractivity contribution in [3.63, 3.8) is 0 Å². The van der Waals surface area contributed by atoms with Crippen molar-refractivity contribution in [1.29, 1.82) is 0 Å². The van der Waals surface area contributed by atoms with E-state index in [1.54, 1.807) is 48.5 Å². The number of carbonyl (C=O) groups is 2. The molecule has 0 bridgehead atoms. The second-order valence-electron chi connectivity index (χ2n) is 5.01. The number of hydrogen-bond donors (Lipinski definition) is 1. The van der Waals surface area contributed by atoms with Crippen molar-refractivity contribution in [2.75, 3.05) is 11.9 Å². The third kappa shape index (κ3) is 3.36. The lowest BCUT2D eigenvalue weighted by atomic mass is 10.2. The highest BCUT2D eigenvalue weighted by molar-refractivity contribution is 5.92. The van der Waals surface area contributed by atoms with Gasteiger partial charge in [0.25, 0.3) is 0 Å². The Bertz CT molecular complexity index is 700. The lowest BCUT2D eigenvalue weighted by molar-refractivity contribution is -0.116. The van der Waals surface area contributed by atoms with Crippen LogP contribution < -0.4 is 5.32 Å². The zero-order valence-corrected chi connectivity index (χ0v) is 13.2. The van der Waals surface area contributed by atoms with Gasteiger partial charge in [-0.1, -0.05) is 0 Å². The SMILES string of the molecule is CCOC(=O)c1cc(C)n(CC(=O)Nc2ccn(C)n2)c1C. The Morgan fingerprint density at radius 3 is 2.68 bits per heavy atom. The van der Waals surface area contributed by atoms with Crippen LogP contribution in [-0.4, -0.2) is 32.8 Å². The largest absolute Gasteiger partial charge is 0.462 e. The molecule has 7 heteroatoms. The van der Waals surface area contributed by atoms with Gasteiger partial charge >= 0.3 is 5.97 Å². The summed E-state index contributed by atoms with van der Waals surface area (Å²) >= 11 is 0. The molecule has 0 saturated heterocycles. The van der Waals surface area contributed by atoms with Gasteiger partial charge < -0.3 is 14.6 Å². The van der Waals surface area contributed by atoms with Gasteiger partial charge in [-0.3, -0.25) is 9.48 Å². The van der Waals surface area contributed by atoms with Crippen molar-refractivity contribution < 1.29 is 14.3 Å². The van der Waals surface area contributed by atoms with Crippen LogP contribution in [0.1, 0.15) is 28.7 Å². The number of nitrogens with one attached hydrogen (secondary N) is 1. The van der Waals surface area contributed by atoms with E-state index >= 15 is 0 Å². The fourth-order valence-corrected chi connectivity index (χ4v) is 2.27. The minimum absolute atomic E-state index is 0.119. The second kappa shape index (κ2) is 6.46. The van der Waals surface area contributed by atoms with Gasteiger partial charge in [-0.15, -0.1) is 0 Å². The molecule has 0 fully saturated rings. The minimum Gasteiger partial charge on any atom is -0.462 e. The third-order valence-corrected chi connectivity index (χ3v) is 3.35. The Hall–Kier alpha value is -2.57. The highest BCUT2D eigenvalue weighted by Crippen LogP contribution is 2.16. The van der Waals surface area contributed by atoms with Gasteiger partial charge in [0.1, 0.15) is 6.54 Å². The Labute approximate surface area is 128 Å². The molecule has 0 aliphatic rings. The molecule has 0 unspecified atom stereocenters. The van der Waals surface area contributed by atoms with Crippen molar-refractivity contribution in [3.8, 4) is 0 Å². The van der Waals surface area contributed by atoms with E-state index in [2.05, 4.69) is 10.4 Å². The minimum atomic E-state index is -0.369. The summed E-state index contributed by atoms with van der Waals surface area (Å²) in [6, 6.07) is 3.46. The molecule has 2 heterocycles. The van der Waals surface area contributed by atoms with E-state index in [1.807, 2.05) is 6.92 Å². The van der Waals surface area contributed by atoms with E-state index in [9.17, 15) is 9.59 Å². The van der Waals surface area contributed by atoms with E-state index < -0.39 is 0 Å². The lowest BCUT2D eigenvalue weighted by Crippen LogP contribution is -2.20. The third-order valence-electron chi connectivity index (χ3n) is 3.35. The summed E-state index contributed by atoms with van der Waals surface area (Å²) in [5.41, 5.74) is 2.04. The molecule has 1 N–H and O–H groups in total. The number of aryl methyl sites for hydroxylation is 2. The molecular weight excluding hydrogens is 284 g/mol. The van der Waals surface area contributed by atoms with Crippen molar-refractivity contribution in [1.82, 2.24) is 14.3 Å². The monoisotopic (exact) mass is 304 g/mol. The van der Waals surface area contributed by atoms with Crippen LogP contribution in [0.4, 0.5) is 5.82 Å². The van der Waals surface area contributed by atoms with E-state index in [1.165, 1.54) is 0 Å². The van der Waals surface area contributed by atoms with Gasteiger partial charge in [-0.2, -0.15) is 5.10 Å². The number of aromatic nitrogens is 3. The quantitative estimate of drug-likeness (QED) is 0.852. The average Bonchev–Trinajstić information content (AvgIpc) is 2.97. The van der Waals surface area contributed by atoms with Gasteiger partial charge in [-0.05, 0) is 26.8 Å². The Morgan fingerprint density at radius 2 is 2.09 bits per heavy atom. The lowest BCUT2D eigenvalue weighted by Gasteiger charge is -2.09. The molecule has 2 aromatic rings. The molecule has 0 saturated carbocycles. The Morgan fingerprint density at radius 1 is 1.36 bits per heavy atom. The summed E-state index contributed by atoms with van der Waals surface area (Å²) in [6.07, 6.45) is 1.75.